The van der Waals surface area contributed by atoms with Crippen LogP contribution in [-0.4, -0.2) is 35.7 Å². The van der Waals surface area contributed by atoms with Crippen LogP contribution in [0.3, 0.4) is 0 Å². The highest BCUT2D eigenvalue weighted by atomic mass is 16.3. The average Bonchev–Trinajstić information content (AvgIpc) is 2.29. The second-order valence-electron chi connectivity index (χ2n) is 5.55. The predicted octanol–water partition coefficient (Wildman–Crippen LogP) is 3.15. The van der Waals surface area contributed by atoms with Crippen LogP contribution in [0.1, 0.15) is 54.4 Å². The molecule has 1 saturated heterocycles. The maximum absolute atomic E-state index is 9.33. The molecule has 0 aromatic rings. The number of piperidine rings is 1. The molecular formula is C14H31NO. The minimum absolute atomic E-state index is 0.320. The number of nitrogens with zero attached hydrogens (tertiary/aromatic N) is 1. The van der Waals surface area contributed by atoms with Gasteiger partial charge in [0, 0.05) is 6.04 Å². The molecule has 1 rings (SSSR count). The molecule has 0 saturated carbocycles. The predicted molar refractivity (Wildman–Crippen MR) is 71.6 cm³/mol. The van der Waals surface area contributed by atoms with Gasteiger partial charge in [-0.2, -0.15) is 0 Å². The summed E-state index contributed by atoms with van der Waals surface area (Å²) in [7, 11) is 0. The monoisotopic (exact) mass is 229 g/mol. The third-order valence-corrected chi connectivity index (χ3v) is 3.68. The Balaban J connectivity index is 0.00000106. The molecule has 1 aliphatic rings. The summed E-state index contributed by atoms with van der Waals surface area (Å²) in [5.41, 5.74) is 0.396. The maximum Gasteiger partial charge on any atom is 0.0586 e. The Morgan fingerprint density at radius 1 is 1.25 bits per heavy atom. The molecule has 1 aliphatic heterocycles. The summed E-state index contributed by atoms with van der Waals surface area (Å²) in [6.45, 7) is 15.7. The van der Waals surface area contributed by atoms with E-state index >= 15 is 0 Å². The van der Waals surface area contributed by atoms with Gasteiger partial charge in [-0.05, 0) is 37.3 Å². The van der Waals surface area contributed by atoms with Crippen molar-refractivity contribution in [2.45, 2.75) is 60.4 Å². The second kappa shape index (κ2) is 7.29. The van der Waals surface area contributed by atoms with Crippen molar-refractivity contribution in [1.82, 2.24) is 4.90 Å². The van der Waals surface area contributed by atoms with Gasteiger partial charge in [-0.25, -0.2) is 0 Å². The Hall–Kier alpha value is -0.0800. The molecular weight excluding hydrogens is 198 g/mol. The molecule has 2 unspecified atom stereocenters. The van der Waals surface area contributed by atoms with Gasteiger partial charge < -0.3 is 5.11 Å². The Morgan fingerprint density at radius 3 is 2.19 bits per heavy atom. The van der Waals surface area contributed by atoms with E-state index in [1.807, 2.05) is 13.8 Å². The molecule has 1 N–H and O–H groups in total. The minimum atomic E-state index is 0.320. The molecule has 0 radical (unpaired) electrons. The summed E-state index contributed by atoms with van der Waals surface area (Å²) in [4.78, 5) is 2.41. The fourth-order valence-electron chi connectivity index (χ4n) is 2.49. The minimum Gasteiger partial charge on any atom is -0.395 e. The van der Waals surface area contributed by atoms with Crippen LogP contribution in [-0.2, 0) is 0 Å². The van der Waals surface area contributed by atoms with E-state index in [1.165, 1.54) is 6.42 Å². The second-order valence-corrected chi connectivity index (χ2v) is 5.55. The van der Waals surface area contributed by atoms with Crippen molar-refractivity contribution in [2.24, 2.45) is 11.3 Å². The van der Waals surface area contributed by atoms with E-state index in [4.69, 9.17) is 0 Å². The highest BCUT2D eigenvalue weighted by Gasteiger charge is 2.33. The molecule has 1 fully saturated rings. The van der Waals surface area contributed by atoms with Crippen molar-refractivity contribution < 1.29 is 5.11 Å². The smallest absolute Gasteiger partial charge is 0.0586 e. The number of hydrogen-bond acceptors (Lipinski definition) is 2. The van der Waals surface area contributed by atoms with Crippen LogP contribution in [0.25, 0.3) is 0 Å². The normalized spacial score (nSPS) is 27.2. The summed E-state index contributed by atoms with van der Waals surface area (Å²) in [5, 5.41) is 9.33. The van der Waals surface area contributed by atoms with Crippen LogP contribution in [0.2, 0.25) is 0 Å². The lowest BCUT2D eigenvalue weighted by atomic mass is 9.73. The molecule has 2 nitrogen and oxygen atoms in total. The summed E-state index contributed by atoms with van der Waals surface area (Å²) in [6, 6.07) is 0.401. The summed E-state index contributed by atoms with van der Waals surface area (Å²) < 4.78 is 0. The lowest BCUT2D eigenvalue weighted by Crippen LogP contribution is -2.46. The molecule has 0 aromatic carbocycles. The highest BCUT2D eigenvalue weighted by molar-refractivity contribution is 4.86. The molecule has 0 spiro atoms. The van der Waals surface area contributed by atoms with Gasteiger partial charge >= 0.3 is 0 Å². The zero-order chi connectivity index (χ0) is 12.8. The quantitative estimate of drug-likeness (QED) is 0.786. The fraction of sp³-hybridized carbons (Fsp3) is 1.00. The Bertz CT molecular complexity index is 174. The summed E-state index contributed by atoms with van der Waals surface area (Å²) in [5.74, 6) is 0.766. The van der Waals surface area contributed by atoms with Gasteiger partial charge in [-0.15, -0.1) is 0 Å². The molecule has 2 atom stereocenters. The van der Waals surface area contributed by atoms with Gasteiger partial charge in [-0.1, -0.05) is 41.5 Å². The average molecular weight is 229 g/mol. The number of rotatable bonds is 2. The zero-order valence-electron chi connectivity index (χ0n) is 12.1. The topological polar surface area (TPSA) is 23.5 Å². The first kappa shape index (κ1) is 15.9. The van der Waals surface area contributed by atoms with Gasteiger partial charge in [0.2, 0.25) is 0 Å². The number of likely N-dealkylation sites (tertiary alicyclic amines) is 1. The molecule has 16 heavy (non-hydrogen) atoms. The highest BCUT2D eigenvalue weighted by Crippen LogP contribution is 2.36. The number of aliphatic hydroxyl groups is 1. The van der Waals surface area contributed by atoms with E-state index in [0.29, 0.717) is 18.1 Å². The number of aliphatic hydroxyl groups excluding tert-OH is 1. The van der Waals surface area contributed by atoms with Crippen molar-refractivity contribution in [3.8, 4) is 0 Å². The van der Waals surface area contributed by atoms with Gasteiger partial charge in [0.25, 0.3) is 0 Å². The van der Waals surface area contributed by atoms with E-state index in [0.717, 1.165) is 25.4 Å². The molecule has 0 aliphatic carbocycles. The van der Waals surface area contributed by atoms with E-state index in [2.05, 4.69) is 32.6 Å². The lowest BCUT2D eigenvalue weighted by molar-refractivity contribution is 0.0346. The first-order valence-electron chi connectivity index (χ1n) is 6.84. The number of hydrogen-bond donors (Lipinski definition) is 1. The first-order chi connectivity index (χ1) is 7.49. The van der Waals surface area contributed by atoms with Crippen LogP contribution >= 0.6 is 0 Å². The molecule has 1 heterocycles. The molecule has 0 amide bonds. The Morgan fingerprint density at radius 2 is 1.81 bits per heavy atom. The Labute approximate surface area is 102 Å². The van der Waals surface area contributed by atoms with E-state index in [9.17, 15) is 5.11 Å². The van der Waals surface area contributed by atoms with Crippen LogP contribution in [0.5, 0.6) is 0 Å². The molecule has 2 heteroatoms. The zero-order valence-corrected chi connectivity index (χ0v) is 12.1. The van der Waals surface area contributed by atoms with Crippen molar-refractivity contribution in [2.75, 3.05) is 19.7 Å². The SMILES string of the molecule is CC.CCN1CCC(C(C)(C)C)CC1CO. The third kappa shape index (κ3) is 4.42. The van der Waals surface area contributed by atoms with Crippen LogP contribution < -0.4 is 0 Å². The molecule has 0 bridgehead atoms. The van der Waals surface area contributed by atoms with Gasteiger partial charge in [-0.3, -0.25) is 4.90 Å². The molecule has 98 valence electrons. The van der Waals surface area contributed by atoms with E-state index in [-0.39, 0.29) is 0 Å². The van der Waals surface area contributed by atoms with Gasteiger partial charge in [0.05, 0.1) is 6.61 Å². The van der Waals surface area contributed by atoms with Crippen LogP contribution in [0.4, 0.5) is 0 Å². The lowest BCUT2D eigenvalue weighted by Gasteiger charge is -2.43. The summed E-state index contributed by atoms with van der Waals surface area (Å²) in [6.07, 6.45) is 2.45. The van der Waals surface area contributed by atoms with Crippen LogP contribution in [0, 0.1) is 11.3 Å². The van der Waals surface area contributed by atoms with Crippen molar-refractivity contribution in [1.29, 1.82) is 0 Å². The molecule has 0 aromatic heterocycles. The van der Waals surface area contributed by atoms with Crippen molar-refractivity contribution in [3.05, 3.63) is 0 Å². The third-order valence-electron chi connectivity index (χ3n) is 3.68. The van der Waals surface area contributed by atoms with E-state index < -0.39 is 0 Å². The maximum atomic E-state index is 9.33. The largest absolute Gasteiger partial charge is 0.395 e. The van der Waals surface area contributed by atoms with Crippen molar-refractivity contribution in [3.63, 3.8) is 0 Å². The summed E-state index contributed by atoms with van der Waals surface area (Å²) >= 11 is 0. The van der Waals surface area contributed by atoms with E-state index in [1.54, 1.807) is 0 Å². The van der Waals surface area contributed by atoms with Crippen LogP contribution in [0.15, 0.2) is 0 Å². The van der Waals surface area contributed by atoms with Gasteiger partial charge in [0.1, 0.15) is 0 Å². The first-order valence-corrected chi connectivity index (χ1v) is 6.84. The fourth-order valence-corrected chi connectivity index (χ4v) is 2.49. The standard InChI is InChI=1S/C12H25NO.C2H6/c1-5-13-7-6-10(12(2,3)4)8-11(13)9-14;1-2/h10-11,14H,5-9H2,1-4H3;1-2H3. The van der Waals surface area contributed by atoms with Crippen molar-refractivity contribution >= 4 is 0 Å². The van der Waals surface area contributed by atoms with Gasteiger partial charge in [0.15, 0.2) is 0 Å². The Kier molecular flexibility index (Phi) is 7.25. The number of likely N-dealkylation sites (N-methyl/N-ethyl adjacent to an activating group) is 1.